The van der Waals surface area contributed by atoms with Crippen LogP contribution < -0.4 is 0 Å². The van der Waals surface area contributed by atoms with Crippen LogP contribution in [-0.2, 0) is 32.7 Å². The monoisotopic (exact) mass is 278 g/mol. The first-order valence-corrected chi connectivity index (χ1v) is 4.91. The third-order valence-electron chi connectivity index (χ3n) is 2.12. The fraction of sp³-hybridized carbons (Fsp3) is 0.462. The van der Waals surface area contributed by atoms with E-state index in [9.17, 15) is 0 Å². The Bertz CT molecular complexity index is 262. The van der Waals surface area contributed by atoms with Gasteiger partial charge in [0.2, 0.25) is 0 Å². The minimum absolute atomic E-state index is 0. The standard InChI is InChI=1S/C13H19N.Y/c1-6-8-9-11(3)12(4)10-13(5)14-7-2;/h5-6,8,10-11H,9H2,1-4H3;/q-2;/b8-6-,12-10+;/t11-;/m0./s1. The molecular formula is C13H19NY-2. The Kier molecular flexibility index (Phi) is 12.2. The number of rotatable bonds is 5. The number of aliphatic imine (C=N–C) groups is 1. The van der Waals surface area contributed by atoms with Crippen LogP contribution >= 0.6 is 0 Å². The van der Waals surface area contributed by atoms with Gasteiger partial charge in [-0.1, -0.05) is 26.0 Å². The maximum atomic E-state index is 5.64. The topological polar surface area (TPSA) is 12.4 Å². The summed E-state index contributed by atoms with van der Waals surface area (Å²) in [6.45, 7) is 13.7. The summed E-state index contributed by atoms with van der Waals surface area (Å²) in [5.74, 6) is 0.511. The van der Waals surface area contributed by atoms with Gasteiger partial charge in [0.1, 0.15) is 0 Å². The molecule has 2 heteroatoms. The van der Waals surface area contributed by atoms with Crippen molar-refractivity contribution in [3.8, 4) is 0 Å². The predicted molar refractivity (Wildman–Crippen MR) is 63.3 cm³/mol. The van der Waals surface area contributed by atoms with Crippen LogP contribution in [0.1, 0.15) is 34.1 Å². The molecule has 0 bridgehead atoms. The van der Waals surface area contributed by atoms with Crippen LogP contribution in [0.2, 0.25) is 0 Å². The van der Waals surface area contributed by atoms with Crippen molar-refractivity contribution >= 4 is 6.21 Å². The first kappa shape index (κ1) is 17.4. The quantitative estimate of drug-likeness (QED) is 0.314. The normalized spacial score (nSPS) is 14.3. The molecule has 1 atom stereocenters. The van der Waals surface area contributed by atoms with Crippen LogP contribution in [0.3, 0.4) is 0 Å². The summed E-state index contributed by atoms with van der Waals surface area (Å²) < 4.78 is 0. The zero-order valence-corrected chi connectivity index (χ0v) is 13.0. The van der Waals surface area contributed by atoms with Crippen molar-refractivity contribution in [2.75, 3.05) is 0 Å². The van der Waals surface area contributed by atoms with Gasteiger partial charge in [0, 0.05) is 32.7 Å². The molecule has 0 aliphatic carbocycles. The Balaban J connectivity index is 0. The van der Waals surface area contributed by atoms with Crippen LogP contribution in [0.15, 0.2) is 34.5 Å². The summed E-state index contributed by atoms with van der Waals surface area (Å²) in [4.78, 5) is 3.88. The molecule has 0 N–H and O–H groups in total. The van der Waals surface area contributed by atoms with Gasteiger partial charge in [0.25, 0.3) is 0 Å². The summed E-state index contributed by atoms with van der Waals surface area (Å²) in [5.41, 5.74) is 1.77. The number of hydrogen-bond acceptors (Lipinski definition) is 1. The molecule has 0 aromatic carbocycles. The molecule has 0 heterocycles. The molecule has 1 radical (unpaired) electrons. The van der Waals surface area contributed by atoms with E-state index in [-0.39, 0.29) is 32.7 Å². The van der Waals surface area contributed by atoms with E-state index in [1.807, 2.05) is 13.0 Å². The zero-order chi connectivity index (χ0) is 11.0. The number of allylic oxidation sites excluding steroid dienone is 4. The van der Waals surface area contributed by atoms with E-state index in [0.717, 1.165) is 6.42 Å². The van der Waals surface area contributed by atoms with E-state index in [4.69, 9.17) is 6.58 Å². The summed E-state index contributed by atoms with van der Waals surface area (Å²) in [5, 5.41) is 0. The van der Waals surface area contributed by atoms with Gasteiger partial charge in [0.15, 0.2) is 0 Å². The van der Waals surface area contributed by atoms with Crippen LogP contribution in [0.5, 0.6) is 0 Å². The largest absolute Gasteiger partial charge is 0.494 e. The number of hydrogen-bond donors (Lipinski definition) is 0. The Morgan fingerprint density at radius 2 is 2.13 bits per heavy atom. The second-order valence-corrected chi connectivity index (χ2v) is 3.35. The van der Waals surface area contributed by atoms with Crippen molar-refractivity contribution in [2.24, 2.45) is 10.9 Å². The average Bonchev–Trinajstić information content (AvgIpc) is 2.14. The van der Waals surface area contributed by atoms with Gasteiger partial charge in [-0.25, -0.2) is 0 Å². The van der Waals surface area contributed by atoms with Crippen molar-refractivity contribution < 1.29 is 32.7 Å². The van der Waals surface area contributed by atoms with Crippen LogP contribution in [0.4, 0.5) is 0 Å². The zero-order valence-electron chi connectivity index (χ0n) is 10.1. The first-order valence-electron chi connectivity index (χ1n) is 4.91. The molecule has 0 saturated heterocycles. The molecule has 0 amide bonds. The SMILES string of the molecule is [CH-]=C(/C=C(\C)[C@@H](C)C/C=C\C)N=[C-]C.[Y]. The van der Waals surface area contributed by atoms with E-state index in [1.165, 1.54) is 5.57 Å². The molecule has 81 valence electrons. The Hall–Kier alpha value is -0.00610. The minimum Gasteiger partial charge on any atom is -0.494 e. The van der Waals surface area contributed by atoms with Gasteiger partial charge in [0.05, 0.1) is 0 Å². The molecule has 15 heavy (non-hydrogen) atoms. The Labute approximate surface area is 119 Å². The Morgan fingerprint density at radius 1 is 1.53 bits per heavy atom. The van der Waals surface area contributed by atoms with E-state index >= 15 is 0 Å². The van der Waals surface area contributed by atoms with Gasteiger partial charge >= 0.3 is 0 Å². The van der Waals surface area contributed by atoms with Crippen molar-refractivity contribution in [2.45, 2.75) is 34.1 Å². The predicted octanol–water partition coefficient (Wildman–Crippen LogP) is 3.82. The van der Waals surface area contributed by atoms with E-state index in [2.05, 4.69) is 37.2 Å². The van der Waals surface area contributed by atoms with Crippen molar-refractivity contribution in [3.05, 3.63) is 36.1 Å². The van der Waals surface area contributed by atoms with Crippen molar-refractivity contribution in [1.82, 2.24) is 0 Å². The maximum Gasteiger partial charge on any atom is 0 e. The molecule has 1 nitrogen and oxygen atoms in total. The second-order valence-electron chi connectivity index (χ2n) is 3.35. The maximum absolute atomic E-state index is 5.64. The molecule has 0 aliphatic heterocycles. The van der Waals surface area contributed by atoms with Crippen LogP contribution in [0.25, 0.3) is 0 Å². The first-order chi connectivity index (χ1) is 6.61. The molecule has 0 saturated carbocycles. The molecule has 0 unspecified atom stereocenters. The molecule has 0 fully saturated rings. The molecule has 0 aromatic rings. The van der Waals surface area contributed by atoms with Crippen molar-refractivity contribution in [1.29, 1.82) is 0 Å². The third kappa shape index (κ3) is 8.95. The van der Waals surface area contributed by atoms with E-state index in [1.54, 1.807) is 6.92 Å². The number of nitrogens with zero attached hydrogens (tertiary/aromatic N) is 1. The van der Waals surface area contributed by atoms with Gasteiger partial charge in [-0.3, -0.25) is 11.8 Å². The molecule has 0 aromatic heterocycles. The van der Waals surface area contributed by atoms with E-state index < -0.39 is 0 Å². The molecule has 0 aliphatic rings. The molecule has 0 spiro atoms. The summed E-state index contributed by atoms with van der Waals surface area (Å²) >= 11 is 0. The fourth-order valence-electron chi connectivity index (χ4n) is 1.06. The van der Waals surface area contributed by atoms with Gasteiger partial charge in [-0.15, -0.1) is 6.92 Å². The van der Waals surface area contributed by atoms with Crippen LogP contribution in [0, 0.1) is 12.5 Å². The third-order valence-corrected chi connectivity index (χ3v) is 2.12. The van der Waals surface area contributed by atoms with Crippen LogP contribution in [-0.4, -0.2) is 6.21 Å². The smallest absolute Gasteiger partial charge is 0 e. The summed E-state index contributed by atoms with van der Waals surface area (Å²) in [6, 6.07) is 0. The van der Waals surface area contributed by atoms with E-state index in [0.29, 0.717) is 11.6 Å². The van der Waals surface area contributed by atoms with Gasteiger partial charge in [-0.2, -0.15) is 11.8 Å². The Morgan fingerprint density at radius 3 is 2.60 bits per heavy atom. The van der Waals surface area contributed by atoms with Crippen molar-refractivity contribution in [3.63, 3.8) is 0 Å². The van der Waals surface area contributed by atoms with Gasteiger partial charge < -0.3 is 11.6 Å². The second kappa shape index (κ2) is 10.5. The summed E-state index contributed by atoms with van der Waals surface area (Å²) in [6.07, 6.45) is 9.84. The summed E-state index contributed by atoms with van der Waals surface area (Å²) in [7, 11) is 0. The minimum atomic E-state index is 0. The fourth-order valence-corrected chi connectivity index (χ4v) is 1.06. The average molecular weight is 278 g/mol. The molecular weight excluding hydrogens is 259 g/mol. The molecule has 0 rings (SSSR count). The van der Waals surface area contributed by atoms with Gasteiger partial charge in [-0.05, 0) is 19.3 Å².